The van der Waals surface area contributed by atoms with Crippen molar-refractivity contribution >= 4 is 44.1 Å². The monoisotopic (exact) mass is 376 g/mol. The maximum absolute atomic E-state index is 13.1. The Labute approximate surface area is 120 Å². The number of nitrogens with zero attached hydrogens (tertiary/aromatic N) is 1. The molecule has 17 heavy (non-hydrogen) atoms. The Kier molecular flexibility index (Phi) is 3.75. The maximum atomic E-state index is 13.1. The average Bonchev–Trinajstić information content (AvgIpc) is 2.29. The van der Waals surface area contributed by atoms with Crippen molar-refractivity contribution in [2.75, 3.05) is 0 Å². The molecule has 2 nitrogen and oxygen atoms in total. The zero-order valence-corrected chi connectivity index (χ0v) is 12.7. The maximum Gasteiger partial charge on any atom is 0.144 e. The van der Waals surface area contributed by atoms with Gasteiger partial charge in [-0.05, 0) is 57.0 Å². The van der Waals surface area contributed by atoms with E-state index in [2.05, 4.69) is 41.8 Å². The molecule has 1 heterocycles. The molecule has 0 atom stereocenters. The molecule has 0 unspecified atom stereocenters. The fraction of sp³-hybridized carbons (Fsp3) is 0.0909. The quantitative estimate of drug-likeness (QED) is 0.724. The Morgan fingerprint density at radius 1 is 1.35 bits per heavy atom. The van der Waals surface area contributed by atoms with E-state index in [4.69, 9.17) is 12.2 Å². The molecule has 0 aliphatic carbocycles. The predicted octanol–water partition coefficient (Wildman–Crippen LogP) is 4.78. The molecule has 0 bridgehead atoms. The molecule has 1 aromatic carbocycles. The van der Waals surface area contributed by atoms with Gasteiger partial charge in [0.05, 0.1) is 8.95 Å². The van der Waals surface area contributed by atoms with Crippen LogP contribution in [-0.2, 0) is 0 Å². The smallest absolute Gasteiger partial charge is 0.144 e. The van der Waals surface area contributed by atoms with Crippen LogP contribution in [0.5, 0.6) is 0 Å². The normalized spacial score (nSPS) is 10.6. The van der Waals surface area contributed by atoms with Gasteiger partial charge in [0.15, 0.2) is 0 Å². The van der Waals surface area contributed by atoms with Crippen LogP contribution in [0.2, 0.25) is 0 Å². The molecule has 0 saturated heterocycles. The van der Waals surface area contributed by atoms with Crippen LogP contribution in [0.1, 0.15) is 5.69 Å². The number of H-pyrrole nitrogens is 1. The van der Waals surface area contributed by atoms with Gasteiger partial charge in [0, 0.05) is 11.3 Å². The van der Waals surface area contributed by atoms with E-state index in [1.165, 1.54) is 6.07 Å². The predicted molar refractivity (Wildman–Crippen MR) is 75.0 cm³/mol. The zero-order valence-electron chi connectivity index (χ0n) is 8.72. The summed E-state index contributed by atoms with van der Waals surface area (Å²) in [7, 11) is 0. The Bertz CT molecular complexity index is 640. The Morgan fingerprint density at radius 3 is 2.65 bits per heavy atom. The van der Waals surface area contributed by atoms with Gasteiger partial charge >= 0.3 is 0 Å². The minimum atomic E-state index is -0.304. The molecule has 2 aromatic rings. The van der Waals surface area contributed by atoms with Gasteiger partial charge in [-0.1, -0.05) is 12.2 Å². The molecular weight excluding hydrogens is 371 g/mol. The molecule has 2 rings (SSSR count). The van der Waals surface area contributed by atoms with Gasteiger partial charge in [-0.3, -0.25) is 0 Å². The van der Waals surface area contributed by atoms with Gasteiger partial charge in [-0.15, -0.1) is 0 Å². The highest BCUT2D eigenvalue weighted by Gasteiger charge is 2.07. The summed E-state index contributed by atoms with van der Waals surface area (Å²) in [6, 6.07) is 4.70. The fourth-order valence-electron chi connectivity index (χ4n) is 1.35. The molecule has 6 heteroatoms. The van der Waals surface area contributed by atoms with Crippen molar-refractivity contribution in [3.8, 4) is 11.4 Å². The average molecular weight is 378 g/mol. The third kappa shape index (κ3) is 2.64. The highest BCUT2D eigenvalue weighted by Crippen LogP contribution is 2.24. The first-order valence-electron chi connectivity index (χ1n) is 4.71. The summed E-state index contributed by atoms with van der Waals surface area (Å²) >= 11 is 11.6. The van der Waals surface area contributed by atoms with Gasteiger partial charge in [-0.2, -0.15) is 0 Å². The van der Waals surface area contributed by atoms with E-state index in [1.807, 2.05) is 6.92 Å². The molecular formula is C11H7Br2FN2S. The van der Waals surface area contributed by atoms with Crippen LogP contribution in [0.25, 0.3) is 11.4 Å². The number of hydrogen-bond acceptors (Lipinski definition) is 2. The van der Waals surface area contributed by atoms with Crippen molar-refractivity contribution in [2.45, 2.75) is 6.92 Å². The summed E-state index contributed by atoms with van der Waals surface area (Å²) in [6.07, 6.45) is 0. The third-order valence-corrected chi connectivity index (χ3v) is 4.37. The van der Waals surface area contributed by atoms with Crippen LogP contribution >= 0.6 is 44.1 Å². The highest BCUT2D eigenvalue weighted by molar-refractivity contribution is 9.10. The van der Waals surface area contributed by atoms with E-state index in [-0.39, 0.29) is 5.82 Å². The first-order chi connectivity index (χ1) is 7.99. The van der Waals surface area contributed by atoms with Crippen molar-refractivity contribution in [1.82, 2.24) is 9.97 Å². The van der Waals surface area contributed by atoms with Gasteiger partial charge in [0.1, 0.15) is 16.3 Å². The number of hydrogen-bond donors (Lipinski definition) is 1. The molecule has 0 spiro atoms. The van der Waals surface area contributed by atoms with Gasteiger partial charge in [-0.25, -0.2) is 9.37 Å². The molecule has 88 valence electrons. The summed E-state index contributed by atoms with van der Waals surface area (Å²) < 4.78 is 14.8. The first-order valence-corrected chi connectivity index (χ1v) is 6.70. The number of aromatic nitrogens is 2. The van der Waals surface area contributed by atoms with Gasteiger partial charge < -0.3 is 4.98 Å². The second-order valence-corrected chi connectivity index (χ2v) is 5.49. The van der Waals surface area contributed by atoms with E-state index in [0.717, 1.165) is 15.7 Å². The van der Waals surface area contributed by atoms with E-state index in [9.17, 15) is 4.39 Å². The fourth-order valence-corrected chi connectivity index (χ4v) is 2.16. The molecule has 1 aromatic heterocycles. The SMILES string of the molecule is Cc1[nH]c(-c2ccc(F)c(Br)c2)nc(=S)c1Br. The topological polar surface area (TPSA) is 28.7 Å². The zero-order chi connectivity index (χ0) is 12.6. The molecule has 0 aliphatic heterocycles. The summed E-state index contributed by atoms with van der Waals surface area (Å²) in [5, 5.41) is 0. The van der Waals surface area contributed by atoms with E-state index in [1.54, 1.807) is 12.1 Å². The van der Waals surface area contributed by atoms with Crippen LogP contribution < -0.4 is 0 Å². The van der Waals surface area contributed by atoms with Crippen LogP contribution in [-0.4, -0.2) is 9.97 Å². The minimum absolute atomic E-state index is 0.304. The highest BCUT2D eigenvalue weighted by atomic mass is 79.9. The van der Waals surface area contributed by atoms with Crippen LogP contribution in [0.3, 0.4) is 0 Å². The number of benzene rings is 1. The minimum Gasteiger partial charge on any atom is -0.342 e. The van der Waals surface area contributed by atoms with Crippen LogP contribution in [0, 0.1) is 17.4 Å². The molecule has 0 radical (unpaired) electrons. The van der Waals surface area contributed by atoms with Crippen molar-refractivity contribution in [3.63, 3.8) is 0 Å². The second-order valence-electron chi connectivity index (χ2n) is 3.46. The van der Waals surface area contributed by atoms with Crippen LogP contribution in [0.15, 0.2) is 27.1 Å². The summed E-state index contributed by atoms with van der Waals surface area (Å²) in [6.45, 7) is 1.89. The van der Waals surface area contributed by atoms with Gasteiger partial charge in [0.25, 0.3) is 0 Å². The lowest BCUT2D eigenvalue weighted by Crippen LogP contribution is -1.94. The van der Waals surface area contributed by atoms with E-state index < -0.39 is 0 Å². The largest absolute Gasteiger partial charge is 0.342 e. The Balaban J connectivity index is 2.61. The van der Waals surface area contributed by atoms with Crippen molar-refractivity contribution in [1.29, 1.82) is 0 Å². The number of nitrogens with one attached hydrogen (secondary N) is 1. The summed E-state index contributed by atoms with van der Waals surface area (Å²) in [5.41, 5.74) is 1.67. The first kappa shape index (κ1) is 12.9. The molecule has 0 fully saturated rings. The number of aryl methyl sites for hydroxylation is 1. The molecule has 1 N–H and O–H groups in total. The molecule has 0 saturated carbocycles. The standard InChI is InChI=1S/C11H7Br2FN2S/c1-5-9(13)11(17)16-10(15-5)6-2-3-8(14)7(12)4-6/h2-4H,1H3,(H,15,16,17). The molecule has 0 amide bonds. The Hall–Kier alpha value is -0.590. The number of halogens is 3. The van der Waals surface area contributed by atoms with Crippen LogP contribution in [0.4, 0.5) is 4.39 Å². The van der Waals surface area contributed by atoms with E-state index in [0.29, 0.717) is 14.9 Å². The van der Waals surface area contributed by atoms with Gasteiger partial charge in [0.2, 0.25) is 0 Å². The molecule has 0 aliphatic rings. The van der Waals surface area contributed by atoms with Crippen molar-refractivity contribution < 1.29 is 4.39 Å². The summed E-state index contributed by atoms with van der Waals surface area (Å²) in [5.74, 6) is 0.317. The second kappa shape index (κ2) is 4.96. The van der Waals surface area contributed by atoms with Crippen molar-refractivity contribution in [2.24, 2.45) is 0 Å². The number of aromatic amines is 1. The lowest BCUT2D eigenvalue weighted by molar-refractivity contribution is 0.621. The van der Waals surface area contributed by atoms with Crippen molar-refractivity contribution in [3.05, 3.63) is 43.3 Å². The summed E-state index contributed by atoms with van der Waals surface area (Å²) in [4.78, 5) is 7.36. The Morgan fingerprint density at radius 2 is 2.06 bits per heavy atom. The number of rotatable bonds is 1. The van der Waals surface area contributed by atoms with E-state index >= 15 is 0 Å². The third-order valence-electron chi connectivity index (χ3n) is 2.23. The lowest BCUT2D eigenvalue weighted by Gasteiger charge is -2.05. The lowest BCUT2D eigenvalue weighted by atomic mass is 10.2.